The van der Waals surface area contributed by atoms with Crippen LogP contribution < -0.4 is 0 Å². The minimum atomic E-state index is -0.124. The highest BCUT2D eigenvalue weighted by Crippen LogP contribution is 2.25. The molecular weight excluding hydrogens is 210 g/mol. The van der Waals surface area contributed by atoms with Crippen LogP contribution >= 0.6 is 11.8 Å². The van der Waals surface area contributed by atoms with Gasteiger partial charge < -0.3 is 4.42 Å². The first-order valence-electron chi connectivity index (χ1n) is 4.40. The number of aromatic nitrogens is 1. The largest absolute Gasteiger partial charge is 0.431 e. The van der Waals surface area contributed by atoms with Crippen LogP contribution in [0.4, 0.5) is 0 Å². The SMILES string of the molecule is C=C(C)C(=O)Sc1nc2ccccc2o1. The van der Waals surface area contributed by atoms with Gasteiger partial charge in [-0.05, 0) is 24.6 Å². The molecule has 0 aliphatic carbocycles. The smallest absolute Gasteiger partial charge is 0.264 e. The Morgan fingerprint density at radius 3 is 2.87 bits per heavy atom. The lowest BCUT2D eigenvalue weighted by atomic mass is 10.3. The fourth-order valence-corrected chi connectivity index (χ4v) is 1.67. The van der Waals surface area contributed by atoms with Gasteiger partial charge in [0.1, 0.15) is 5.52 Å². The molecule has 0 aliphatic rings. The number of rotatable bonds is 2. The number of fused-ring (bicyclic) bond motifs is 1. The third-order valence-electron chi connectivity index (χ3n) is 1.80. The quantitative estimate of drug-likeness (QED) is 0.575. The number of hydrogen-bond donors (Lipinski definition) is 0. The van der Waals surface area contributed by atoms with Crippen LogP contribution in [0, 0.1) is 0 Å². The Labute approximate surface area is 91.2 Å². The minimum absolute atomic E-state index is 0.124. The molecule has 0 fully saturated rings. The summed E-state index contributed by atoms with van der Waals surface area (Å²) < 4.78 is 5.38. The zero-order valence-electron chi connectivity index (χ0n) is 8.19. The van der Waals surface area contributed by atoms with Crippen LogP contribution in [-0.2, 0) is 4.79 Å². The lowest BCUT2D eigenvalue weighted by Gasteiger charge is -1.92. The van der Waals surface area contributed by atoms with E-state index < -0.39 is 0 Å². The molecule has 0 saturated heterocycles. The van der Waals surface area contributed by atoms with Crippen LogP contribution in [0.25, 0.3) is 11.1 Å². The molecule has 1 heterocycles. The highest BCUT2D eigenvalue weighted by Gasteiger charge is 2.11. The molecule has 0 unspecified atom stereocenters. The number of nitrogens with zero attached hydrogens (tertiary/aromatic N) is 1. The van der Waals surface area contributed by atoms with Gasteiger partial charge in [0.15, 0.2) is 5.58 Å². The number of hydrogen-bond acceptors (Lipinski definition) is 4. The van der Waals surface area contributed by atoms with E-state index in [2.05, 4.69) is 11.6 Å². The summed E-state index contributed by atoms with van der Waals surface area (Å²) in [4.78, 5) is 15.5. The summed E-state index contributed by atoms with van der Waals surface area (Å²) in [7, 11) is 0. The summed E-state index contributed by atoms with van der Waals surface area (Å²) in [6.45, 7) is 5.23. The van der Waals surface area contributed by atoms with Crippen molar-refractivity contribution in [3.63, 3.8) is 0 Å². The van der Waals surface area contributed by atoms with E-state index in [9.17, 15) is 4.79 Å². The number of benzene rings is 1. The van der Waals surface area contributed by atoms with E-state index in [0.717, 1.165) is 17.3 Å². The van der Waals surface area contributed by atoms with Crippen molar-refractivity contribution in [3.05, 3.63) is 36.4 Å². The van der Waals surface area contributed by atoms with Gasteiger partial charge >= 0.3 is 0 Å². The topological polar surface area (TPSA) is 43.1 Å². The summed E-state index contributed by atoms with van der Waals surface area (Å²) in [6, 6.07) is 7.40. The Morgan fingerprint density at radius 2 is 2.20 bits per heavy atom. The van der Waals surface area contributed by atoms with Gasteiger partial charge in [0.05, 0.1) is 0 Å². The van der Waals surface area contributed by atoms with Crippen LogP contribution in [0.1, 0.15) is 6.92 Å². The van der Waals surface area contributed by atoms with E-state index in [1.807, 2.05) is 24.3 Å². The third kappa shape index (κ3) is 2.10. The lowest BCUT2D eigenvalue weighted by Crippen LogP contribution is -1.90. The Bertz CT molecular complexity index is 497. The first kappa shape index (κ1) is 9.98. The Balaban J connectivity index is 2.30. The molecule has 0 radical (unpaired) electrons. The summed E-state index contributed by atoms with van der Waals surface area (Å²) in [5.41, 5.74) is 1.94. The Kier molecular flexibility index (Phi) is 2.60. The molecule has 0 aliphatic heterocycles. The van der Waals surface area contributed by atoms with E-state index in [4.69, 9.17) is 4.42 Å². The van der Waals surface area contributed by atoms with Gasteiger partial charge in [-0.25, -0.2) is 4.98 Å². The molecule has 2 aromatic rings. The van der Waals surface area contributed by atoms with E-state index in [1.165, 1.54) is 0 Å². The van der Waals surface area contributed by atoms with Crippen LogP contribution in [-0.4, -0.2) is 10.1 Å². The van der Waals surface area contributed by atoms with Crippen molar-refractivity contribution in [3.8, 4) is 0 Å². The van der Waals surface area contributed by atoms with Crippen molar-refractivity contribution in [1.29, 1.82) is 0 Å². The second-order valence-electron chi connectivity index (χ2n) is 3.12. The second kappa shape index (κ2) is 3.90. The predicted octanol–water partition coefficient (Wildman–Crippen LogP) is 3.02. The van der Waals surface area contributed by atoms with E-state index >= 15 is 0 Å². The molecule has 0 saturated carbocycles. The van der Waals surface area contributed by atoms with Crippen LogP contribution in [0.5, 0.6) is 0 Å². The molecule has 2 rings (SSSR count). The van der Waals surface area contributed by atoms with E-state index in [0.29, 0.717) is 16.4 Å². The van der Waals surface area contributed by atoms with Gasteiger partial charge in [0, 0.05) is 11.8 Å². The standard InChI is InChI=1S/C11H9NO2S/c1-7(2)10(13)15-11-12-8-5-3-4-6-9(8)14-11/h3-6H,1H2,2H3. The summed E-state index contributed by atoms with van der Waals surface area (Å²) in [6.07, 6.45) is 0. The van der Waals surface area contributed by atoms with Crippen molar-refractivity contribution >= 4 is 28.0 Å². The van der Waals surface area contributed by atoms with Gasteiger partial charge in [-0.2, -0.15) is 0 Å². The normalized spacial score (nSPS) is 10.5. The zero-order valence-corrected chi connectivity index (χ0v) is 9.00. The fraction of sp³-hybridized carbons (Fsp3) is 0.0909. The molecular formula is C11H9NO2S. The molecule has 15 heavy (non-hydrogen) atoms. The molecule has 0 bridgehead atoms. The van der Waals surface area contributed by atoms with Crippen molar-refractivity contribution in [2.45, 2.75) is 12.1 Å². The first-order valence-corrected chi connectivity index (χ1v) is 5.22. The number of thioether (sulfide) groups is 1. The van der Waals surface area contributed by atoms with Gasteiger partial charge in [0.2, 0.25) is 5.12 Å². The number of para-hydroxylation sites is 2. The van der Waals surface area contributed by atoms with Crippen molar-refractivity contribution < 1.29 is 9.21 Å². The molecule has 3 nitrogen and oxygen atoms in total. The molecule has 0 amide bonds. The van der Waals surface area contributed by atoms with E-state index in [-0.39, 0.29) is 5.12 Å². The average molecular weight is 219 g/mol. The molecule has 0 atom stereocenters. The maximum atomic E-state index is 11.4. The lowest BCUT2D eigenvalue weighted by molar-refractivity contribution is -0.107. The summed E-state index contributed by atoms with van der Waals surface area (Å²) >= 11 is 0.961. The predicted molar refractivity (Wildman–Crippen MR) is 59.7 cm³/mol. The zero-order chi connectivity index (χ0) is 10.8. The fourth-order valence-electron chi connectivity index (χ4n) is 1.06. The van der Waals surface area contributed by atoms with Crippen LogP contribution in [0.3, 0.4) is 0 Å². The third-order valence-corrected chi connectivity index (χ3v) is 2.69. The first-order chi connectivity index (χ1) is 7.16. The highest BCUT2D eigenvalue weighted by molar-refractivity contribution is 8.13. The van der Waals surface area contributed by atoms with Gasteiger partial charge in [-0.1, -0.05) is 18.7 Å². The molecule has 76 valence electrons. The number of carbonyl (C=O) groups is 1. The Hall–Kier alpha value is -1.55. The average Bonchev–Trinajstić information content (AvgIpc) is 2.59. The number of oxazole rings is 1. The molecule has 0 spiro atoms. The Morgan fingerprint density at radius 1 is 1.47 bits per heavy atom. The van der Waals surface area contributed by atoms with Gasteiger partial charge in [-0.15, -0.1) is 0 Å². The monoisotopic (exact) mass is 219 g/mol. The maximum absolute atomic E-state index is 11.4. The summed E-state index contributed by atoms with van der Waals surface area (Å²) in [5, 5.41) is 0.241. The van der Waals surface area contributed by atoms with Crippen molar-refractivity contribution in [1.82, 2.24) is 4.98 Å². The molecule has 4 heteroatoms. The molecule has 1 aromatic heterocycles. The van der Waals surface area contributed by atoms with Gasteiger partial charge in [0.25, 0.3) is 5.22 Å². The van der Waals surface area contributed by atoms with Gasteiger partial charge in [-0.3, -0.25) is 4.79 Å². The van der Waals surface area contributed by atoms with Crippen LogP contribution in [0.15, 0.2) is 46.1 Å². The van der Waals surface area contributed by atoms with Crippen molar-refractivity contribution in [2.75, 3.05) is 0 Å². The van der Waals surface area contributed by atoms with Crippen LogP contribution in [0.2, 0.25) is 0 Å². The highest BCUT2D eigenvalue weighted by atomic mass is 32.2. The molecule has 1 aromatic carbocycles. The maximum Gasteiger partial charge on any atom is 0.264 e. The van der Waals surface area contributed by atoms with Crippen molar-refractivity contribution in [2.24, 2.45) is 0 Å². The number of carbonyl (C=O) groups excluding carboxylic acids is 1. The van der Waals surface area contributed by atoms with E-state index in [1.54, 1.807) is 6.92 Å². The molecule has 0 N–H and O–H groups in total. The summed E-state index contributed by atoms with van der Waals surface area (Å²) in [5.74, 6) is 0. The second-order valence-corrected chi connectivity index (χ2v) is 4.04. The minimum Gasteiger partial charge on any atom is -0.431 e.